The van der Waals surface area contributed by atoms with Crippen molar-refractivity contribution < 1.29 is 29.4 Å². The van der Waals surface area contributed by atoms with Gasteiger partial charge in [0, 0.05) is 19.5 Å². The van der Waals surface area contributed by atoms with E-state index in [0.717, 1.165) is 5.56 Å². The Kier molecular flexibility index (Phi) is 5.32. The predicted octanol–water partition coefficient (Wildman–Crippen LogP) is 2.01. The number of hydrogen-bond acceptors (Lipinski definition) is 1. The fourth-order valence-corrected chi connectivity index (χ4v) is 1.01. The summed E-state index contributed by atoms with van der Waals surface area (Å²) >= 11 is 0. The monoisotopic (exact) mass is 229 g/mol. The third kappa shape index (κ3) is 4.04. The van der Waals surface area contributed by atoms with Gasteiger partial charge in [-0.05, 0) is 12.5 Å². The molecule has 1 aromatic carbocycles. The van der Waals surface area contributed by atoms with Gasteiger partial charge in [-0.25, -0.2) is 4.79 Å². The van der Waals surface area contributed by atoms with Crippen molar-refractivity contribution in [3.8, 4) is 0 Å². The summed E-state index contributed by atoms with van der Waals surface area (Å²) in [4.78, 5) is 10.3. The van der Waals surface area contributed by atoms with E-state index in [1.54, 1.807) is 0 Å². The van der Waals surface area contributed by atoms with Crippen LogP contribution in [0.3, 0.4) is 0 Å². The maximum atomic E-state index is 10.3. The number of benzene rings is 1. The van der Waals surface area contributed by atoms with Crippen LogP contribution in [0, 0.1) is 0 Å². The molecular weight excluding hydrogens is 219 g/mol. The van der Waals surface area contributed by atoms with Gasteiger partial charge < -0.3 is 10.4 Å². The first-order valence-electron chi connectivity index (χ1n) is 3.74. The molecule has 4 heteroatoms. The van der Waals surface area contributed by atoms with Crippen LogP contribution in [0.1, 0.15) is 18.5 Å². The molecule has 0 saturated carbocycles. The molecule has 0 aliphatic heterocycles. The first kappa shape index (κ1) is 12.1. The Labute approximate surface area is 89.9 Å². The standard InChI is InChI=1S/C9H11NO2.Zn/c1-7(10-9(11)12)8-5-3-2-4-6-8;/h2-7,10H,1H3,(H,11,12);. The first-order chi connectivity index (χ1) is 5.70. The molecule has 1 atom stereocenters. The average Bonchev–Trinajstić information content (AvgIpc) is 2.05. The van der Waals surface area contributed by atoms with Crippen LogP contribution in [0.4, 0.5) is 4.79 Å². The van der Waals surface area contributed by atoms with E-state index in [-0.39, 0.29) is 25.5 Å². The Morgan fingerprint density at radius 1 is 1.38 bits per heavy atom. The Morgan fingerprint density at radius 3 is 2.38 bits per heavy atom. The Morgan fingerprint density at radius 2 is 1.92 bits per heavy atom. The molecule has 1 unspecified atom stereocenters. The number of rotatable bonds is 2. The third-order valence-electron chi connectivity index (χ3n) is 1.64. The number of amides is 1. The van der Waals surface area contributed by atoms with Crippen LogP contribution < -0.4 is 5.32 Å². The molecule has 0 aliphatic carbocycles. The third-order valence-corrected chi connectivity index (χ3v) is 1.64. The van der Waals surface area contributed by atoms with E-state index in [2.05, 4.69) is 5.32 Å². The Balaban J connectivity index is 0.00000144. The van der Waals surface area contributed by atoms with Crippen molar-refractivity contribution in [2.24, 2.45) is 0 Å². The van der Waals surface area contributed by atoms with E-state index < -0.39 is 6.09 Å². The molecule has 1 aromatic rings. The molecular formula is C9H11NO2Zn. The van der Waals surface area contributed by atoms with E-state index in [0.29, 0.717) is 0 Å². The van der Waals surface area contributed by atoms with Crippen LogP contribution in [0.15, 0.2) is 30.3 Å². The molecule has 13 heavy (non-hydrogen) atoms. The minimum Gasteiger partial charge on any atom is -0.465 e. The molecule has 0 heterocycles. The van der Waals surface area contributed by atoms with Gasteiger partial charge in [-0.3, -0.25) is 0 Å². The summed E-state index contributed by atoms with van der Waals surface area (Å²) in [7, 11) is 0. The van der Waals surface area contributed by atoms with Gasteiger partial charge in [0.15, 0.2) is 0 Å². The number of carbonyl (C=O) groups is 1. The van der Waals surface area contributed by atoms with E-state index in [1.807, 2.05) is 37.3 Å². The topological polar surface area (TPSA) is 49.3 Å². The average molecular weight is 231 g/mol. The van der Waals surface area contributed by atoms with Crippen LogP contribution in [-0.4, -0.2) is 11.2 Å². The summed E-state index contributed by atoms with van der Waals surface area (Å²) in [5, 5.41) is 10.8. The zero-order valence-corrected chi connectivity index (χ0v) is 10.5. The molecule has 0 fully saturated rings. The molecule has 1 amide bonds. The fraction of sp³-hybridized carbons (Fsp3) is 0.222. The normalized spacial score (nSPS) is 11.2. The maximum absolute atomic E-state index is 10.3. The van der Waals surface area contributed by atoms with Crippen molar-refractivity contribution in [3.05, 3.63) is 35.9 Å². The zero-order chi connectivity index (χ0) is 8.97. The molecule has 0 aliphatic rings. The number of nitrogens with one attached hydrogen (secondary N) is 1. The van der Waals surface area contributed by atoms with Gasteiger partial charge in [0.05, 0.1) is 6.04 Å². The summed E-state index contributed by atoms with van der Waals surface area (Å²) in [6.07, 6.45) is -0.994. The molecule has 66 valence electrons. The molecule has 0 bridgehead atoms. The SMILES string of the molecule is CC(NC(=O)O)c1ccccc1.[Zn]. The van der Waals surface area contributed by atoms with Crippen LogP contribution >= 0.6 is 0 Å². The van der Waals surface area contributed by atoms with Crippen molar-refractivity contribution in [2.75, 3.05) is 0 Å². The summed E-state index contributed by atoms with van der Waals surface area (Å²) in [6, 6.07) is 9.30. The molecule has 0 radical (unpaired) electrons. The molecule has 3 nitrogen and oxygen atoms in total. The molecule has 1 rings (SSSR count). The minimum atomic E-state index is -0.994. The summed E-state index contributed by atoms with van der Waals surface area (Å²) in [6.45, 7) is 1.81. The largest absolute Gasteiger partial charge is 0.465 e. The van der Waals surface area contributed by atoms with Gasteiger partial charge in [0.2, 0.25) is 0 Å². The van der Waals surface area contributed by atoms with Gasteiger partial charge in [0.1, 0.15) is 0 Å². The van der Waals surface area contributed by atoms with Gasteiger partial charge in [-0.1, -0.05) is 30.3 Å². The maximum Gasteiger partial charge on any atom is 0.405 e. The minimum absolute atomic E-state index is 0. The van der Waals surface area contributed by atoms with Gasteiger partial charge in [0.25, 0.3) is 0 Å². The summed E-state index contributed by atoms with van der Waals surface area (Å²) in [5.74, 6) is 0. The van der Waals surface area contributed by atoms with Crippen molar-refractivity contribution in [1.29, 1.82) is 0 Å². The van der Waals surface area contributed by atoms with Gasteiger partial charge in [-0.2, -0.15) is 0 Å². The van der Waals surface area contributed by atoms with Gasteiger partial charge >= 0.3 is 6.09 Å². The van der Waals surface area contributed by atoms with Crippen molar-refractivity contribution in [3.63, 3.8) is 0 Å². The molecule has 0 aromatic heterocycles. The number of carboxylic acid groups (broad SMARTS) is 1. The smallest absolute Gasteiger partial charge is 0.405 e. The van der Waals surface area contributed by atoms with Crippen molar-refractivity contribution >= 4 is 6.09 Å². The van der Waals surface area contributed by atoms with E-state index in [1.165, 1.54) is 0 Å². The fourth-order valence-electron chi connectivity index (χ4n) is 1.01. The van der Waals surface area contributed by atoms with Crippen LogP contribution in [-0.2, 0) is 19.5 Å². The van der Waals surface area contributed by atoms with Crippen LogP contribution in [0.5, 0.6) is 0 Å². The van der Waals surface area contributed by atoms with Crippen LogP contribution in [0.2, 0.25) is 0 Å². The van der Waals surface area contributed by atoms with E-state index in [4.69, 9.17) is 5.11 Å². The Bertz CT molecular complexity index is 264. The van der Waals surface area contributed by atoms with Crippen molar-refractivity contribution in [2.45, 2.75) is 13.0 Å². The Hall–Kier alpha value is -0.887. The number of hydrogen-bond donors (Lipinski definition) is 2. The van der Waals surface area contributed by atoms with E-state index in [9.17, 15) is 4.79 Å². The second kappa shape index (κ2) is 5.71. The van der Waals surface area contributed by atoms with Gasteiger partial charge in [-0.15, -0.1) is 0 Å². The molecule has 2 N–H and O–H groups in total. The first-order valence-corrected chi connectivity index (χ1v) is 3.74. The second-order valence-electron chi connectivity index (χ2n) is 2.58. The zero-order valence-electron chi connectivity index (χ0n) is 7.53. The molecule has 0 saturated heterocycles. The quantitative estimate of drug-likeness (QED) is 0.764. The predicted molar refractivity (Wildman–Crippen MR) is 46.0 cm³/mol. The van der Waals surface area contributed by atoms with Crippen molar-refractivity contribution in [1.82, 2.24) is 5.32 Å². The summed E-state index contributed by atoms with van der Waals surface area (Å²) < 4.78 is 0. The van der Waals surface area contributed by atoms with E-state index >= 15 is 0 Å². The summed E-state index contributed by atoms with van der Waals surface area (Å²) in [5.41, 5.74) is 0.972. The second-order valence-corrected chi connectivity index (χ2v) is 2.58. The van der Waals surface area contributed by atoms with Crippen LogP contribution in [0.25, 0.3) is 0 Å². The molecule has 0 spiro atoms.